The van der Waals surface area contributed by atoms with Crippen molar-refractivity contribution in [3.8, 4) is 0 Å². The molecular weight excluding hydrogens is 649 g/mol. The largest absolute Gasteiger partial charge is 0.392 e. The van der Waals surface area contributed by atoms with Crippen LogP contribution < -0.4 is 10.6 Å². The van der Waals surface area contributed by atoms with Gasteiger partial charge < -0.3 is 25.2 Å². The fourth-order valence-electron chi connectivity index (χ4n) is 7.23. The lowest BCUT2D eigenvalue weighted by Crippen LogP contribution is -2.61. The molecule has 0 unspecified atom stereocenters. The van der Waals surface area contributed by atoms with Crippen molar-refractivity contribution in [2.45, 2.75) is 113 Å². The van der Waals surface area contributed by atoms with Crippen LogP contribution in [0.2, 0.25) is 0 Å². The SMILES string of the molecule is C[C@H]1[C@@H](CN2[C@@H](C(=O)NC(C)(C)C)CC[C@H]3CCCC[C@H]32)O[C@@H](c2cccc(NC(=O)C(Cl)(Cl)Cl)c2)O[C@H]1c1ccc(CO)cc1. The molecule has 3 aliphatic rings. The van der Waals surface area contributed by atoms with E-state index >= 15 is 0 Å². The van der Waals surface area contributed by atoms with Crippen molar-refractivity contribution in [2.24, 2.45) is 11.8 Å². The van der Waals surface area contributed by atoms with E-state index in [-0.39, 0.29) is 42.2 Å². The fourth-order valence-corrected chi connectivity index (χ4v) is 7.37. The number of hydrogen-bond donors (Lipinski definition) is 3. The average molecular weight is 695 g/mol. The molecule has 2 amide bonds. The van der Waals surface area contributed by atoms with Crippen molar-refractivity contribution in [1.29, 1.82) is 0 Å². The van der Waals surface area contributed by atoms with E-state index < -0.39 is 16.0 Å². The summed E-state index contributed by atoms with van der Waals surface area (Å²) in [5.74, 6) is -0.182. The molecule has 0 spiro atoms. The van der Waals surface area contributed by atoms with Crippen LogP contribution in [0.3, 0.4) is 0 Å². The Kier molecular flexibility index (Phi) is 11.3. The van der Waals surface area contributed by atoms with Gasteiger partial charge in [-0.05, 0) is 75.6 Å². The lowest BCUT2D eigenvalue weighted by Gasteiger charge is -2.51. The number of benzene rings is 2. The summed E-state index contributed by atoms with van der Waals surface area (Å²) < 4.78 is 11.3. The van der Waals surface area contributed by atoms with Crippen LogP contribution in [0.25, 0.3) is 0 Å². The van der Waals surface area contributed by atoms with Crippen LogP contribution in [-0.4, -0.2) is 55.9 Å². The molecule has 2 aromatic rings. The molecule has 2 saturated heterocycles. The van der Waals surface area contributed by atoms with Crippen molar-refractivity contribution in [2.75, 3.05) is 11.9 Å². The molecule has 7 atom stereocenters. The first-order valence-corrected chi connectivity index (χ1v) is 17.4. The fraction of sp³-hybridized carbons (Fsp3) is 0.600. The van der Waals surface area contributed by atoms with E-state index in [1.165, 1.54) is 12.8 Å². The number of halogens is 3. The first-order chi connectivity index (χ1) is 21.7. The van der Waals surface area contributed by atoms with Gasteiger partial charge in [-0.2, -0.15) is 0 Å². The number of piperidine rings is 1. The van der Waals surface area contributed by atoms with Crippen LogP contribution in [0, 0.1) is 11.8 Å². The molecule has 8 nitrogen and oxygen atoms in total. The summed E-state index contributed by atoms with van der Waals surface area (Å²) >= 11 is 17.4. The minimum Gasteiger partial charge on any atom is -0.392 e. The Labute approximate surface area is 287 Å². The van der Waals surface area contributed by atoms with Gasteiger partial charge in [-0.3, -0.25) is 14.5 Å². The minimum absolute atomic E-state index is 0.0437. The maximum atomic E-state index is 13.7. The van der Waals surface area contributed by atoms with Crippen molar-refractivity contribution in [1.82, 2.24) is 10.2 Å². The monoisotopic (exact) mass is 693 g/mol. The molecule has 0 bridgehead atoms. The molecule has 1 aliphatic carbocycles. The summed E-state index contributed by atoms with van der Waals surface area (Å²) in [6, 6.07) is 15.0. The number of nitrogens with one attached hydrogen (secondary N) is 2. The van der Waals surface area contributed by atoms with Crippen LogP contribution >= 0.6 is 34.8 Å². The zero-order valence-corrected chi connectivity index (χ0v) is 29.2. The number of likely N-dealkylation sites (tertiary alicyclic amines) is 1. The maximum Gasteiger partial charge on any atom is 0.276 e. The smallest absolute Gasteiger partial charge is 0.276 e. The number of aliphatic hydroxyl groups excluding tert-OH is 1. The molecule has 0 aromatic heterocycles. The lowest BCUT2D eigenvalue weighted by atomic mass is 9.75. The molecule has 3 fully saturated rings. The Morgan fingerprint density at radius 1 is 0.957 bits per heavy atom. The van der Waals surface area contributed by atoms with E-state index in [2.05, 4.69) is 22.5 Å². The third kappa shape index (κ3) is 8.56. The summed E-state index contributed by atoms with van der Waals surface area (Å²) in [5.41, 5.74) is 2.60. The van der Waals surface area contributed by atoms with E-state index in [1.807, 2.05) is 51.1 Å². The van der Waals surface area contributed by atoms with Crippen molar-refractivity contribution in [3.63, 3.8) is 0 Å². The molecule has 1 saturated carbocycles. The Balaban J connectivity index is 1.47. The quantitative estimate of drug-likeness (QED) is 0.265. The van der Waals surface area contributed by atoms with Crippen LogP contribution in [0.15, 0.2) is 48.5 Å². The molecule has 46 heavy (non-hydrogen) atoms. The van der Waals surface area contributed by atoms with E-state index in [4.69, 9.17) is 44.3 Å². The van der Waals surface area contributed by atoms with Crippen molar-refractivity contribution in [3.05, 3.63) is 65.2 Å². The Morgan fingerprint density at radius 2 is 1.67 bits per heavy atom. The van der Waals surface area contributed by atoms with Crippen LogP contribution in [0.1, 0.15) is 95.3 Å². The number of anilines is 1. The number of rotatable bonds is 7. The average Bonchev–Trinajstić information content (AvgIpc) is 3.01. The Hall–Kier alpha value is -1.91. The zero-order chi connectivity index (χ0) is 33.2. The number of amides is 2. The molecule has 2 aliphatic heterocycles. The summed E-state index contributed by atoms with van der Waals surface area (Å²) in [6.07, 6.45) is 5.17. The molecule has 252 valence electrons. The summed E-state index contributed by atoms with van der Waals surface area (Å²) in [5, 5.41) is 15.5. The number of aliphatic hydroxyl groups is 1. The summed E-state index contributed by atoms with van der Waals surface area (Å²) in [4.78, 5) is 28.6. The lowest BCUT2D eigenvalue weighted by molar-refractivity contribution is -0.278. The van der Waals surface area contributed by atoms with E-state index in [9.17, 15) is 14.7 Å². The number of hydrogen-bond acceptors (Lipinski definition) is 6. The normalized spacial score (nSPS) is 29.1. The first kappa shape index (κ1) is 35.4. The van der Waals surface area contributed by atoms with Gasteiger partial charge in [-0.1, -0.05) is 91.0 Å². The Morgan fingerprint density at radius 3 is 2.35 bits per heavy atom. The number of carbonyl (C=O) groups is 2. The van der Waals surface area contributed by atoms with Gasteiger partial charge in [0.25, 0.3) is 9.70 Å². The molecule has 2 aromatic carbocycles. The third-order valence-electron chi connectivity index (χ3n) is 9.50. The van der Waals surface area contributed by atoms with Crippen LogP contribution in [0.5, 0.6) is 0 Å². The molecular formula is C35H46Cl3N3O5. The number of ether oxygens (including phenoxy) is 2. The molecule has 0 radical (unpaired) electrons. The molecule has 2 heterocycles. The van der Waals surface area contributed by atoms with Gasteiger partial charge in [0.05, 0.1) is 24.9 Å². The first-order valence-electron chi connectivity index (χ1n) is 16.3. The molecule has 5 rings (SSSR count). The van der Waals surface area contributed by atoms with Crippen LogP contribution in [0.4, 0.5) is 5.69 Å². The highest BCUT2D eigenvalue weighted by Gasteiger charge is 2.46. The minimum atomic E-state index is -2.11. The highest BCUT2D eigenvalue weighted by atomic mass is 35.6. The van der Waals surface area contributed by atoms with Gasteiger partial charge in [0.2, 0.25) is 5.91 Å². The summed E-state index contributed by atoms with van der Waals surface area (Å²) in [6.45, 7) is 8.73. The topological polar surface area (TPSA) is 100 Å². The van der Waals surface area contributed by atoms with E-state index in [0.717, 1.165) is 36.8 Å². The second-order valence-corrected chi connectivity index (χ2v) is 16.3. The maximum absolute atomic E-state index is 13.7. The zero-order valence-electron chi connectivity index (χ0n) is 27.0. The number of carbonyl (C=O) groups excluding carboxylic acids is 2. The van der Waals surface area contributed by atoms with Gasteiger partial charge in [0.1, 0.15) is 0 Å². The van der Waals surface area contributed by atoms with Crippen molar-refractivity contribution < 1.29 is 24.2 Å². The van der Waals surface area contributed by atoms with E-state index in [1.54, 1.807) is 18.2 Å². The van der Waals surface area contributed by atoms with Gasteiger partial charge >= 0.3 is 0 Å². The number of alkyl halides is 3. The second-order valence-electron chi connectivity index (χ2n) is 14.0. The highest BCUT2D eigenvalue weighted by molar-refractivity contribution is 6.76. The number of nitrogens with zero attached hydrogens (tertiary/aromatic N) is 1. The standard InChI is InChI=1S/C35H46Cl3N3O5/c1-21-29(19-41-27-11-6-5-8-23(27)16-17-28(41)31(43)40-34(2,3)4)45-32(46-30(21)24-14-12-22(20-42)13-15-24)25-9-7-10-26(18-25)39-33(44)35(36,37)38/h7,9-10,12-15,18,21,23,27-30,32,42H,5-6,8,11,16-17,19-20H2,1-4H3,(H,39,44)(H,40,43)/t21-,23+,27+,28+,29+,30+,32+/m0/s1. The highest BCUT2D eigenvalue weighted by Crippen LogP contribution is 2.44. The van der Waals surface area contributed by atoms with Gasteiger partial charge in [0, 0.05) is 35.3 Å². The Bertz CT molecular complexity index is 1360. The van der Waals surface area contributed by atoms with Gasteiger partial charge in [-0.25, -0.2) is 0 Å². The predicted octanol–water partition coefficient (Wildman–Crippen LogP) is 7.22. The number of fused-ring (bicyclic) bond motifs is 1. The predicted molar refractivity (Wildman–Crippen MR) is 182 cm³/mol. The van der Waals surface area contributed by atoms with Gasteiger partial charge in [-0.15, -0.1) is 0 Å². The van der Waals surface area contributed by atoms with Gasteiger partial charge in [0.15, 0.2) is 6.29 Å². The van der Waals surface area contributed by atoms with Crippen LogP contribution in [-0.2, 0) is 25.7 Å². The van der Waals surface area contributed by atoms with E-state index in [0.29, 0.717) is 29.8 Å². The summed E-state index contributed by atoms with van der Waals surface area (Å²) in [7, 11) is 0. The third-order valence-corrected chi connectivity index (χ3v) is 10.0. The second kappa shape index (κ2) is 14.7. The molecule has 3 N–H and O–H groups in total. The van der Waals surface area contributed by atoms with Crippen molar-refractivity contribution >= 4 is 52.3 Å². The molecule has 11 heteroatoms.